The fourth-order valence-corrected chi connectivity index (χ4v) is 4.46. The average Bonchev–Trinajstić information content (AvgIpc) is 3.15. The fraction of sp³-hybridized carbons (Fsp3) is 0.458. The van der Waals surface area contributed by atoms with Gasteiger partial charge in [0.15, 0.2) is 5.65 Å². The predicted molar refractivity (Wildman–Crippen MR) is 119 cm³/mol. The largest absolute Gasteiger partial charge is 0.379 e. The molecule has 1 aromatic carbocycles. The smallest absolute Gasteiger partial charge is 0.227 e. The summed E-state index contributed by atoms with van der Waals surface area (Å²) in [6, 6.07) is 11.8. The van der Waals surface area contributed by atoms with Crippen LogP contribution in [0.25, 0.3) is 5.65 Å². The zero-order valence-corrected chi connectivity index (χ0v) is 18.4. The topological polar surface area (TPSA) is 72.2 Å². The first kappa shape index (κ1) is 21.1. The minimum absolute atomic E-state index is 0.124. The molecule has 0 aliphatic carbocycles. The van der Waals surface area contributed by atoms with Crippen molar-refractivity contribution in [3.05, 3.63) is 65.1 Å². The second-order valence-electron chi connectivity index (χ2n) is 8.42. The molecule has 2 aliphatic rings. The average molecular weight is 436 g/mol. The molecule has 1 atom stereocenters. The number of carbonyl (C=O) groups is 1. The Morgan fingerprint density at radius 3 is 2.72 bits per heavy atom. The molecule has 168 valence electrons. The van der Waals surface area contributed by atoms with Crippen molar-refractivity contribution >= 4 is 11.6 Å². The maximum Gasteiger partial charge on any atom is 0.227 e. The second kappa shape index (κ2) is 9.36. The van der Waals surface area contributed by atoms with E-state index in [-0.39, 0.29) is 12.0 Å². The lowest BCUT2D eigenvalue weighted by molar-refractivity contribution is -0.138. The number of nitrogens with zero attached hydrogens (tertiary/aromatic N) is 5. The molecule has 0 unspecified atom stereocenters. The summed E-state index contributed by atoms with van der Waals surface area (Å²) in [5.74, 6) is 0.124. The number of carbonyl (C=O) groups excluding carboxylic acids is 1. The fourth-order valence-electron chi connectivity index (χ4n) is 4.46. The first-order valence-corrected chi connectivity index (χ1v) is 11.3. The van der Waals surface area contributed by atoms with Crippen LogP contribution >= 0.6 is 0 Å². The highest BCUT2D eigenvalue weighted by atomic mass is 16.5. The monoisotopic (exact) mass is 435 g/mol. The van der Waals surface area contributed by atoms with E-state index in [0.29, 0.717) is 26.1 Å². The number of amides is 1. The van der Waals surface area contributed by atoms with Crippen molar-refractivity contribution in [3.63, 3.8) is 0 Å². The van der Waals surface area contributed by atoms with Gasteiger partial charge in [0.2, 0.25) is 5.91 Å². The highest BCUT2D eigenvalue weighted by Gasteiger charge is 2.28. The third kappa shape index (κ3) is 4.39. The molecule has 0 saturated carbocycles. The van der Waals surface area contributed by atoms with Crippen LogP contribution in [-0.2, 0) is 27.2 Å². The first-order valence-electron chi connectivity index (χ1n) is 11.3. The number of rotatable bonds is 5. The number of aromatic nitrogens is 3. The molecule has 2 saturated heterocycles. The third-order valence-corrected chi connectivity index (χ3v) is 6.28. The molecule has 32 heavy (non-hydrogen) atoms. The summed E-state index contributed by atoms with van der Waals surface area (Å²) < 4.78 is 13.5. The van der Waals surface area contributed by atoms with Crippen molar-refractivity contribution in [1.29, 1.82) is 0 Å². The van der Waals surface area contributed by atoms with Gasteiger partial charge in [0.1, 0.15) is 6.10 Å². The number of aryl methyl sites for hydroxylation is 1. The van der Waals surface area contributed by atoms with E-state index in [4.69, 9.17) is 14.6 Å². The minimum atomic E-state index is -0.232. The number of fused-ring (bicyclic) bond motifs is 1. The van der Waals surface area contributed by atoms with Crippen molar-refractivity contribution in [3.8, 4) is 0 Å². The van der Waals surface area contributed by atoms with Crippen molar-refractivity contribution in [2.45, 2.75) is 26.0 Å². The number of morpholine rings is 2. The number of hydrogen-bond donors (Lipinski definition) is 0. The van der Waals surface area contributed by atoms with Crippen LogP contribution < -0.4 is 0 Å². The Balaban J connectivity index is 1.35. The van der Waals surface area contributed by atoms with Gasteiger partial charge in [0, 0.05) is 37.9 Å². The standard InChI is InChI=1S/C24H29N5O3/c1-18-20(16-27-9-12-31-13-10-27)24-25-8-7-21(29(24)26-18)22-17-28(11-14-32-22)23(30)15-19-5-3-2-4-6-19/h2-8,22H,9-17H2,1H3/t22-/m0/s1. The van der Waals surface area contributed by atoms with Crippen molar-refractivity contribution in [2.75, 3.05) is 46.0 Å². The van der Waals surface area contributed by atoms with Crippen LogP contribution in [0.15, 0.2) is 42.6 Å². The van der Waals surface area contributed by atoms with Crippen LogP contribution in [0.2, 0.25) is 0 Å². The van der Waals surface area contributed by atoms with Gasteiger partial charge < -0.3 is 14.4 Å². The zero-order valence-electron chi connectivity index (χ0n) is 18.4. The van der Waals surface area contributed by atoms with Gasteiger partial charge in [0.05, 0.1) is 44.2 Å². The van der Waals surface area contributed by atoms with Gasteiger partial charge in [-0.1, -0.05) is 30.3 Å². The van der Waals surface area contributed by atoms with Crippen LogP contribution in [-0.4, -0.2) is 76.3 Å². The van der Waals surface area contributed by atoms with Gasteiger partial charge in [0.25, 0.3) is 0 Å². The molecule has 8 nitrogen and oxygen atoms in total. The Morgan fingerprint density at radius 1 is 1.09 bits per heavy atom. The molecule has 0 spiro atoms. The van der Waals surface area contributed by atoms with Crippen molar-refractivity contribution < 1.29 is 14.3 Å². The van der Waals surface area contributed by atoms with E-state index in [2.05, 4.69) is 9.88 Å². The van der Waals surface area contributed by atoms with Crippen LogP contribution in [0, 0.1) is 6.92 Å². The van der Waals surface area contributed by atoms with Gasteiger partial charge in [-0.05, 0) is 18.6 Å². The van der Waals surface area contributed by atoms with E-state index in [0.717, 1.165) is 61.0 Å². The molecule has 3 aromatic rings. The van der Waals surface area contributed by atoms with E-state index in [1.165, 1.54) is 0 Å². The Labute approximate surface area is 187 Å². The van der Waals surface area contributed by atoms with Crippen LogP contribution in [0.5, 0.6) is 0 Å². The Morgan fingerprint density at radius 2 is 1.91 bits per heavy atom. The molecular weight excluding hydrogens is 406 g/mol. The molecule has 2 aromatic heterocycles. The van der Waals surface area contributed by atoms with Crippen LogP contribution in [0.4, 0.5) is 0 Å². The summed E-state index contributed by atoms with van der Waals surface area (Å²) in [5.41, 5.74) is 4.94. The van der Waals surface area contributed by atoms with E-state index in [1.807, 2.05) is 58.9 Å². The minimum Gasteiger partial charge on any atom is -0.379 e. The van der Waals surface area contributed by atoms with Crippen molar-refractivity contribution in [2.24, 2.45) is 0 Å². The molecule has 8 heteroatoms. The molecule has 5 rings (SSSR count). The number of ether oxygens (including phenoxy) is 2. The molecule has 2 aliphatic heterocycles. The third-order valence-electron chi connectivity index (χ3n) is 6.28. The van der Waals surface area contributed by atoms with Gasteiger partial charge in [-0.25, -0.2) is 9.50 Å². The van der Waals surface area contributed by atoms with Gasteiger partial charge >= 0.3 is 0 Å². The second-order valence-corrected chi connectivity index (χ2v) is 8.42. The Hall–Kier alpha value is -2.81. The number of hydrogen-bond acceptors (Lipinski definition) is 6. The normalized spacial score (nSPS) is 20.0. The first-order chi connectivity index (χ1) is 15.7. The summed E-state index contributed by atoms with van der Waals surface area (Å²) in [6.45, 7) is 7.84. The van der Waals surface area contributed by atoms with E-state index < -0.39 is 0 Å². The summed E-state index contributed by atoms with van der Waals surface area (Å²) in [4.78, 5) is 21.8. The Bertz CT molecular complexity index is 1080. The SMILES string of the molecule is Cc1nn2c([C@@H]3CN(C(=O)Cc4ccccc4)CCO3)ccnc2c1CN1CCOCC1. The maximum absolute atomic E-state index is 12.9. The van der Waals surface area contributed by atoms with Gasteiger partial charge in [-0.2, -0.15) is 5.10 Å². The Kier molecular flexibility index (Phi) is 6.16. The lowest BCUT2D eigenvalue weighted by Gasteiger charge is -2.33. The summed E-state index contributed by atoms with van der Waals surface area (Å²) >= 11 is 0. The van der Waals surface area contributed by atoms with Gasteiger partial charge in [-0.15, -0.1) is 0 Å². The van der Waals surface area contributed by atoms with Crippen LogP contribution in [0.3, 0.4) is 0 Å². The quantitative estimate of drug-likeness (QED) is 0.611. The molecule has 0 bridgehead atoms. The molecule has 0 radical (unpaired) electrons. The maximum atomic E-state index is 12.9. The highest BCUT2D eigenvalue weighted by Crippen LogP contribution is 2.25. The molecule has 0 N–H and O–H groups in total. The summed E-state index contributed by atoms with van der Waals surface area (Å²) in [7, 11) is 0. The van der Waals surface area contributed by atoms with E-state index >= 15 is 0 Å². The molecule has 2 fully saturated rings. The highest BCUT2D eigenvalue weighted by molar-refractivity contribution is 5.78. The van der Waals surface area contributed by atoms with Crippen molar-refractivity contribution in [1.82, 2.24) is 24.4 Å². The lowest BCUT2D eigenvalue weighted by Crippen LogP contribution is -2.43. The van der Waals surface area contributed by atoms with Crippen LogP contribution in [0.1, 0.15) is 28.6 Å². The van der Waals surface area contributed by atoms with Gasteiger partial charge in [-0.3, -0.25) is 9.69 Å². The zero-order chi connectivity index (χ0) is 21.9. The molecule has 4 heterocycles. The lowest BCUT2D eigenvalue weighted by atomic mass is 10.1. The summed E-state index contributed by atoms with van der Waals surface area (Å²) in [6.07, 6.45) is 2.00. The molecule has 1 amide bonds. The summed E-state index contributed by atoms with van der Waals surface area (Å²) in [5, 5.41) is 4.80. The molecular formula is C24H29N5O3. The number of benzene rings is 1. The predicted octanol–water partition coefficient (Wildman–Crippen LogP) is 2.01. The van der Waals surface area contributed by atoms with E-state index in [9.17, 15) is 4.79 Å². The van der Waals surface area contributed by atoms with E-state index in [1.54, 1.807) is 0 Å².